The highest BCUT2D eigenvalue weighted by molar-refractivity contribution is 5.36. The zero-order chi connectivity index (χ0) is 6.43. The Morgan fingerprint density at radius 2 is 2.44 bits per heavy atom. The standard InChI is InChI=1S/C9H14/c1-3-8-6(2)4-7-5-9(7)8/h5-8H,3-4H2,1-2H3. The molecule has 0 saturated heterocycles. The summed E-state index contributed by atoms with van der Waals surface area (Å²) in [5.41, 5.74) is 1.78. The smallest absolute Gasteiger partial charge is 0.00144 e. The SMILES string of the molecule is CCC1C2=CC2CC1C. The molecule has 0 aliphatic heterocycles. The van der Waals surface area contributed by atoms with Crippen LogP contribution in [0.2, 0.25) is 0 Å². The van der Waals surface area contributed by atoms with E-state index in [1.807, 2.05) is 0 Å². The molecule has 0 aromatic rings. The van der Waals surface area contributed by atoms with E-state index in [4.69, 9.17) is 0 Å². The first kappa shape index (κ1) is 5.52. The van der Waals surface area contributed by atoms with Crippen LogP contribution < -0.4 is 0 Å². The largest absolute Gasteiger partial charge is 0.0772 e. The average Bonchev–Trinajstić information content (AvgIpc) is 2.45. The average molecular weight is 122 g/mol. The van der Waals surface area contributed by atoms with Gasteiger partial charge < -0.3 is 0 Å². The van der Waals surface area contributed by atoms with Gasteiger partial charge in [0, 0.05) is 0 Å². The molecule has 1 saturated carbocycles. The van der Waals surface area contributed by atoms with Crippen LogP contribution in [0, 0.1) is 17.8 Å². The Kier molecular flexibility index (Phi) is 0.992. The van der Waals surface area contributed by atoms with Crippen molar-refractivity contribution < 1.29 is 0 Å². The van der Waals surface area contributed by atoms with E-state index in [0.717, 1.165) is 17.8 Å². The van der Waals surface area contributed by atoms with Crippen molar-refractivity contribution >= 4 is 0 Å². The number of hydrogen-bond acceptors (Lipinski definition) is 0. The van der Waals surface area contributed by atoms with Crippen LogP contribution >= 0.6 is 0 Å². The number of hydrogen-bond donors (Lipinski definition) is 0. The van der Waals surface area contributed by atoms with Crippen molar-refractivity contribution in [2.45, 2.75) is 26.7 Å². The van der Waals surface area contributed by atoms with Gasteiger partial charge in [0.25, 0.3) is 0 Å². The molecular weight excluding hydrogens is 108 g/mol. The van der Waals surface area contributed by atoms with Crippen LogP contribution in [0.25, 0.3) is 0 Å². The monoisotopic (exact) mass is 122 g/mol. The Morgan fingerprint density at radius 1 is 1.67 bits per heavy atom. The summed E-state index contributed by atoms with van der Waals surface area (Å²) in [5.74, 6) is 2.92. The Morgan fingerprint density at radius 3 is 2.78 bits per heavy atom. The molecule has 0 spiro atoms. The summed E-state index contributed by atoms with van der Waals surface area (Å²) in [7, 11) is 0. The van der Waals surface area contributed by atoms with Crippen molar-refractivity contribution in [3.63, 3.8) is 0 Å². The summed E-state index contributed by atoms with van der Waals surface area (Å²) >= 11 is 0. The molecule has 0 aromatic carbocycles. The Labute approximate surface area is 57.0 Å². The third kappa shape index (κ3) is 0.654. The van der Waals surface area contributed by atoms with Crippen molar-refractivity contribution in [3.05, 3.63) is 11.6 Å². The van der Waals surface area contributed by atoms with E-state index >= 15 is 0 Å². The fourth-order valence-corrected chi connectivity index (χ4v) is 2.32. The first-order chi connectivity index (χ1) is 4.33. The minimum atomic E-state index is 0.963. The number of rotatable bonds is 1. The molecule has 9 heavy (non-hydrogen) atoms. The van der Waals surface area contributed by atoms with Crippen LogP contribution in [0.3, 0.4) is 0 Å². The molecule has 2 aliphatic rings. The van der Waals surface area contributed by atoms with Gasteiger partial charge in [-0.3, -0.25) is 0 Å². The minimum absolute atomic E-state index is 0.963. The first-order valence-corrected chi connectivity index (χ1v) is 4.04. The van der Waals surface area contributed by atoms with E-state index in [1.54, 1.807) is 5.57 Å². The topological polar surface area (TPSA) is 0 Å². The lowest BCUT2D eigenvalue weighted by Gasteiger charge is -2.11. The van der Waals surface area contributed by atoms with Gasteiger partial charge in [0.1, 0.15) is 0 Å². The zero-order valence-electron chi connectivity index (χ0n) is 6.22. The number of allylic oxidation sites excluding steroid dienone is 2. The van der Waals surface area contributed by atoms with Gasteiger partial charge in [-0.25, -0.2) is 0 Å². The van der Waals surface area contributed by atoms with Crippen molar-refractivity contribution in [1.82, 2.24) is 0 Å². The third-order valence-corrected chi connectivity index (χ3v) is 2.89. The van der Waals surface area contributed by atoms with Crippen LogP contribution in [0.1, 0.15) is 26.7 Å². The normalized spacial score (nSPS) is 46.4. The van der Waals surface area contributed by atoms with E-state index in [2.05, 4.69) is 19.9 Å². The molecule has 2 rings (SSSR count). The van der Waals surface area contributed by atoms with Crippen LogP contribution in [-0.2, 0) is 0 Å². The van der Waals surface area contributed by atoms with Gasteiger partial charge in [0.15, 0.2) is 0 Å². The molecule has 2 aliphatic carbocycles. The molecule has 0 amide bonds. The summed E-state index contributed by atoms with van der Waals surface area (Å²) in [4.78, 5) is 0. The fourth-order valence-electron chi connectivity index (χ4n) is 2.32. The Bertz CT molecular complexity index is 155. The van der Waals surface area contributed by atoms with Gasteiger partial charge in [-0.15, -0.1) is 0 Å². The summed E-state index contributed by atoms with van der Waals surface area (Å²) in [6, 6.07) is 0. The predicted molar refractivity (Wildman–Crippen MR) is 39.1 cm³/mol. The lowest BCUT2D eigenvalue weighted by atomic mass is 9.94. The second-order valence-electron chi connectivity index (χ2n) is 3.50. The molecule has 0 N–H and O–H groups in total. The van der Waals surface area contributed by atoms with Crippen molar-refractivity contribution in [2.75, 3.05) is 0 Å². The van der Waals surface area contributed by atoms with Gasteiger partial charge in [-0.05, 0) is 30.6 Å². The van der Waals surface area contributed by atoms with Gasteiger partial charge in [0.05, 0.1) is 0 Å². The van der Waals surface area contributed by atoms with Crippen LogP contribution in [-0.4, -0.2) is 0 Å². The maximum Gasteiger partial charge on any atom is -0.00144 e. The molecule has 3 unspecified atom stereocenters. The number of fused-ring (bicyclic) bond motifs is 1. The summed E-state index contributed by atoms with van der Waals surface area (Å²) < 4.78 is 0. The van der Waals surface area contributed by atoms with Crippen LogP contribution in [0.4, 0.5) is 0 Å². The van der Waals surface area contributed by atoms with Gasteiger partial charge >= 0.3 is 0 Å². The lowest BCUT2D eigenvalue weighted by molar-refractivity contribution is 0.436. The molecule has 1 fully saturated rings. The summed E-state index contributed by atoms with van der Waals surface area (Å²) in [6.45, 7) is 4.70. The van der Waals surface area contributed by atoms with Crippen molar-refractivity contribution in [1.29, 1.82) is 0 Å². The van der Waals surface area contributed by atoms with E-state index in [1.165, 1.54) is 12.8 Å². The van der Waals surface area contributed by atoms with E-state index in [0.29, 0.717) is 0 Å². The molecular formula is C9H14. The first-order valence-electron chi connectivity index (χ1n) is 4.04. The molecule has 0 radical (unpaired) electrons. The van der Waals surface area contributed by atoms with E-state index in [-0.39, 0.29) is 0 Å². The van der Waals surface area contributed by atoms with Gasteiger partial charge in [0.2, 0.25) is 0 Å². The fraction of sp³-hybridized carbons (Fsp3) is 0.778. The molecule has 0 aromatic heterocycles. The van der Waals surface area contributed by atoms with Crippen molar-refractivity contribution in [2.24, 2.45) is 17.8 Å². The third-order valence-electron chi connectivity index (χ3n) is 2.89. The lowest BCUT2D eigenvalue weighted by Crippen LogP contribution is -2.02. The zero-order valence-corrected chi connectivity index (χ0v) is 6.22. The molecule has 0 bridgehead atoms. The molecule has 0 heterocycles. The maximum absolute atomic E-state index is 2.45. The highest BCUT2D eigenvalue weighted by Crippen LogP contribution is 2.52. The maximum atomic E-state index is 2.45. The van der Waals surface area contributed by atoms with E-state index < -0.39 is 0 Å². The second kappa shape index (κ2) is 1.62. The molecule has 0 heteroatoms. The minimum Gasteiger partial charge on any atom is -0.0772 e. The molecule has 0 nitrogen and oxygen atoms in total. The summed E-state index contributed by atoms with van der Waals surface area (Å²) in [6.07, 6.45) is 5.27. The quantitative estimate of drug-likeness (QED) is 0.469. The highest BCUT2D eigenvalue weighted by Gasteiger charge is 2.41. The van der Waals surface area contributed by atoms with Crippen LogP contribution in [0.15, 0.2) is 11.6 Å². The molecule has 3 atom stereocenters. The van der Waals surface area contributed by atoms with Gasteiger partial charge in [-0.1, -0.05) is 25.5 Å². The molecule has 50 valence electrons. The van der Waals surface area contributed by atoms with Crippen LogP contribution in [0.5, 0.6) is 0 Å². The Hall–Kier alpha value is -0.260. The summed E-state index contributed by atoms with van der Waals surface area (Å²) in [5, 5.41) is 0. The second-order valence-corrected chi connectivity index (χ2v) is 3.50. The van der Waals surface area contributed by atoms with Crippen molar-refractivity contribution in [3.8, 4) is 0 Å². The Balaban J connectivity index is 2.10. The predicted octanol–water partition coefficient (Wildman–Crippen LogP) is 2.61. The van der Waals surface area contributed by atoms with Gasteiger partial charge in [-0.2, -0.15) is 0 Å². The highest BCUT2D eigenvalue weighted by atomic mass is 14.5. The van der Waals surface area contributed by atoms with E-state index in [9.17, 15) is 0 Å².